The summed E-state index contributed by atoms with van der Waals surface area (Å²) in [5.74, 6) is -0.0710. The Morgan fingerprint density at radius 1 is 1.17 bits per heavy atom. The molecule has 0 aliphatic heterocycles. The third-order valence-corrected chi connectivity index (χ3v) is 2.89. The Labute approximate surface area is 107 Å². The van der Waals surface area contributed by atoms with Crippen LogP contribution in [0.3, 0.4) is 0 Å². The Morgan fingerprint density at radius 3 is 2.61 bits per heavy atom. The average Bonchev–Trinajstić information content (AvgIpc) is 2.40. The summed E-state index contributed by atoms with van der Waals surface area (Å²) in [6.45, 7) is 4.65. The average molecular weight is 240 g/mol. The molecule has 92 valence electrons. The van der Waals surface area contributed by atoms with E-state index in [1.165, 1.54) is 11.1 Å². The van der Waals surface area contributed by atoms with Crippen LogP contribution in [-0.2, 0) is 6.54 Å². The molecule has 0 bridgehead atoms. The van der Waals surface area contributed by atoms with Crippen LogP contribution < -0.4 is 5.32 Å². The highest BCUT2D eigenvalue weighted by atomic mass is 16.1. The Kier molecular flexibility index (Phi) is 3.72. The van der Waals surface area contributed by atoms with Crippen molar-refractivity contribution < 1.29 is 4.79 Å². The molecule has 1 aromatic heterocycles. The van der Waals surface area contributed by atoms with Crippen LogP contribution in [0.1, 0.15) is 27.0 Å². The molecule has 0 aliphatic rings. The van der Waals surface area contributed by atoms with Crippen LogP contribution in [0.2, 0.25) is 0 Å². The highest BCUT2D eigenvalue weighted by Gasteiger charge is 2.05. The zero-order valence-corrected chi connectivity index (χ0v) is 10.6. The lowest BCUT2D eigenvalue weighted by Gasteiger charge is -2.09. The van der Waals surface area contributed by atoms with Crippen molar-refractivity contribution in [3.63, 3.8) is 0 Å². The second-order valence-electron chi connectivity index (χ2n) is 4.35. The number of nitrogens with zero attached hydrogens (tertiary/aromatic N) is 1. The van der Waals surface area contributed by atoms with Crippen molar-refractivity contribution in [1.29, 1.82) is 0 Å². The number of rotatable bonds is 3. The Hall–Kier alpha value is -2.16. The zero-order chi connectivity index (χ0) is 13.0. The number of aryl methyl sites for hydroxylation is 2. The molecule has 1 N–H and O–H groups in total. The molecular formula is C15H16N2O. The number of carbonyl (C=O) groups excluding carboxylic acids is 1. The first-order valence-electron chi connectivity index (χ1n) is 5.91. The summed E-state index contributed by atoms with van der Waals surface area (Å²) in [6, 6.07) is 9.66. The summed E-state index contributed by atoms with van der Waals surface area (Å²) < 4.78 is 0. The maximum absolute atomic E-state index is 11.9. The molecule has 0 aliphatic carbocycles. The van der Waals surface area contributed by atoms with E-state index in [1.54, 1.807) is 24.5 Å². The molecule has 3 nitrogen and oxygen atoms in total. The maximum atomic E-state index is 11.9. The van der Waals surface area contributed by atoms with Crippen LogP contribution >= 0.6 is 0 Å². The fraction of sp³-hybridized carbons (Fsp3) is 0.200. The highest BCUT2D eigenvalue weighted by Crippen LogP contribution is 2.10. The van der Waals surface area contributed by atoms with Gasteiger partial charge in [0.25, 0.3) is 5.91 Å². The number of carbonyl (C=O) groups is 1. The third-order valence-electron chi connectivity index (χ3n) is 2.89. The highest BCUT2D eigenvalue weighted by molar-refractivity contribution is 5.93. The van der Waals surface area contributed by atoms with E-state index >= 15 is 0 Å². The summed E-state index contributed by atoms with van der Waals surface area (Å²) in [5, 5.41) is 2.92. The number of benzene rings is 1. The van der Waals surface area contributed by atoms with Gasteiger partial charge in [-0.1, -0.05) is 23.8 Å². The lowest BCUT2D eigenvalue weighted by atomic mass is 10.1. The molecular weight excluding hydrogens is 224 g/mol. The lowest BCUT2D eigenvalue weighted by molar-refractivity contribution is 0.0951. The van der Waals surface area contributed by atoms with Gasteiger partial charge in [0.2, 0.25) is 0 Å². The van der Waals surface area contributed by atoms with Crippen molar-refractivity contribution in [3.8, 4) is 0 Å². The minimum atomic E-state index is -0.0710. The molecule has 0 saturated carbocycles. The molecule has 0 fully saturated rings. The Balaban J connectivity index is 2.04. The first kappa shape index (κ1) is 12.3. The van der Waals surface area contributed by atoms with E-state index in [1.807, 2.05) is 13.8 Å². The fourth-order valence-corrected chi connectivity index (χ4v) is 1.77. The molecule has 0 unspecified atom stereocenters. The quantitative estimate of drug-likeness (QED) is 0.896. The van der Waals surface area contributed by atoms with Crippen LogP contribution in [0.25, 0.3) is 0 Å². The van der Waals surface area contributed by atoms with Gasteiger partial charge in [-0.2, -0.15) is 0 Å². The van der Waals surface area contributed by atoms with Crippen LogP contribution in [0, 0.1) is 13.8 Å². The molecule has 1 heterocycles. The van der Waals surface area contributed by atoms with Gasteiger partial charge in [-0.3, -0.25) is 9.78 Å². The summed E-state index contributed by atoms with van der Waals surface area (Å²) in [7, 11) is 0. The van der Waals surface area contributed by atoms with Gasteiger partial charge in [-0.15, -0.1) is 0 Å². The van der Waals surface area contributed by atoms with Gasteiger partial charge in [0.15, 0.2) is 0 Å². The summed E-state index contributed by atoms with van der Waals surface area (Å²) >= 11 is 0. The van der Waals surface area contributed by atoms with Crippen LogP contribution in [0.5, 0.6) is 0 Å². The van der Waals surface area contributed by atoms with Crippen LogP contribution in [0.4, 0.5) is 0 Å². The van der Waals surface area contributed by atoms with Gasteiger partial charge in [-0.25, -0.2) is 0 Å². The van der Waals surface area contributed by atoms with Gasteiger partial charge >= 0.3 is 0 Å². The van der Waals surface area contributed by atoms with Crippen molar-refractivity contribution in [2.75, 3.05) is 0 Å². The fourth-order valence-electron chi connectivity index (χ4n) is 1.77. The van der Waals surface area contributed by atoms with E-state index in [0.29, 0.717) is 12.1 Å². The molecule has 2 rings (SSSR count). The van der Waals surface area contributed by atoms with Gasteiger partial charge in [0.1, 0.15) is 0 Å². The standard InChI is InChI=1S/C15H16N2O/c1-11-3-4-12(2)14(9-11)10-17-15(18)13-5-7-16-8-6-13/h3-9H,10H2,1-2H3,(H,17,18). The molecule has 0 radical (unpaired) electrons. The van der Waals surface area contributed by atoms with E-state index in [2.05, 4.69) is 28.5 Å². The topological polar surface area (TPSA) is 42.0 Å². The number of nitrogens with one attached hydrogen (secondary N) is 1. The van der Waals surface area contributed by atoms with Gasteiger partial charge < -0.3 is 5.32 Å². The predicted octanol–water partition coefficient (Wildman–Crippen LogP) is 2.63. The van der Waals surface area contributed by atoms with Crippen molar-refractivity contribution >= 4 is 5.91 Å². The Morgan fingerprint density at radius 2 is 1.89 bits per heavy atom. The molecule has 0 atom stereocenters. The molecule has 0 saturated heterocycles. The summed E-state index contributed by atoms with van der Waals surface area (Å²) in [5.41, 5.74) is 4.18. The van der Waals surface area contributed by atoms with E-state index in [4.69, 9.17) is 0 Å². The molecule has 3 heteroatoms. The maximum Gasteiger partial charge on any atom is 0.251 e. The van der Waals surface area contributed by atoms with E-state index in [-0.39, 0.29) is 5.91 Å². The van der Waals surface area contributed by atoms with Crippen molar-refractivity contribution in [3.05, 3.63) is 65.0 Å². The minimum absolute atomic E-state index is 0.0710. The van der Waals surface area contributed by atoms with Gasteiger partial charge in [-0.05, 0) is 37.1 Å². The largest absolute Gasteiger partial charge is 0.348 e. The molecule has 18 heavy (non-hydrogen) atoms. The normalized spacial score (nSPS) is 10.1. The minimum Gasteiger partial charge on any atom is -0.348 e. The molecule has 1 amide bonds. The first-order valence-corrected chi connectivity index (χ1v) is 5.91. The number of hydrogen-bond acceptors (Lipinski definition) is 2. The number of amides is 1. The van der Waals surface area contributed by atoms with Crippen molar-refractivity contribution in [2.24, 2.45) is 0 Å². The van der Waals surface area contributed by atoms with Crippen molar-refractivity contribution in [2.45, 2.75) is 20.4 Å². The predicted molar refractivity (Wildman–Crippen MR) is 71.3 cm³/mol. The summed E-state index contributed by atoms with van der Waals surface area (Å²) in [4.78, 5) is 15.8. The molecule has 0 spiro atoms. The van der Waals surface area contributed by atoms with Gasteiger partial charge in [0, 0.05) is 24.5 Å². The zero-order valence-electron chi connectivity index (χ0n) is 10.6. The number of hydrogen-bond donors (Lipinski definition) is 1. The lowest BCUT2D eigenvalue weighted by Crippen LogP contribution is -2.23. The SMILES string of the molecule is Cc1ccc(C)c(CNC(=O)c2ccncc2)c1. The second-order valence-corrected chi connectivity index (χ2v) is 4.35. The number of aromatic nitrogens is 1. The first-order chi connectivity index (χ1) is 8.66. The van der Waals surface area contributed by atoms with E-state index < -0.39 is 0 Å². The van der Waals surface area contributed by atoms with Crippen molar-refractivity contribution in [1.82, 2.24) is 10.3 Å². The smallest absolute Gasteiger partial charge is 0.251 e. The number of pyridine rings is 1. The van der Waals surface area contributed by atoms with Crippen LogP contribution in [-0.4, -0.2) is 10.9 Å². The van der Waals surface area contributed by atoms with Gasteiger partial charge in [0.05, 0.1) is 0 Å². The third kappa shape index (κ3) is 2.94. The van der Waals surface area contributed by atoms with Crippen LogP contribution in [0.15, 0.2) is 42.7 Å². The molecule has 2 aromatic rings. The monoisotopic (exact) mass is 240 g/mol. The Bertz CT molecular complexity index is 550. The summed E-state index contributed by atoms with van der Waals surface area (Å²) in [6.07, 6.45) is 3.24. The van der Waals surface area contributed by atoms with E-state index in [0.717, 1.165) is 5.56 Å². The molecule has 1 aromatic carbocycles. The second kappa shape index (κ2) is 5.45. The van der Waals surface area contributed by atoms with E-state index in [9.17, 15) is 4.79 Å².